The molecule has 0 spiro atoms. The second kappa shape index (κ2) is 5.85. The van der Waals surface area contributed by atoms with Gasteiger partial charge in [-0.05, 0) is 55.6 Å². The van der Waals surface area contributed by atoms with Gasteiger partial charge in [0.15, 0.2) is 0 Å². The van der Waals surface area contributed by atoms with Crippen LogP contribution in [0.2, 0.25) is 0 Å². The van der Waals surface area contributed by atoms with E-state index in [1.165, 1.54) is 23.8 Å². The highest BCUT2D eigenvalue weighted by Crippen LogP contribution is 2.29. The first-order chi connectivity index (χ1) is 10.9. The maximum absolute atomic E-state index is 4.51. The Morgan fingerprint density at radius 2 is 1.95 bits per heavy atom. The minimum absolute atomic E-state index is 0.611. The molecule has 5 heteroatoms. The molecule has 4 heterocycles. The Morgan fingerprint density at radius 3 is 2.77 bits per heavy atom. The second-order valence-corrected chi connectivity index (χ2v) is 5.90. The lowest BCUT2D eigenvalue weighted by Gasteiger charge is -2.31. The van der Waals surface area contributed by atoms with Gasteiger partial charge in [-0.1, -0.05) is 0 Å². The van der Waals surface area contributed by atoms with Crippen molar-refractivity contribution in [2.75, 3.05) is 13.1 Å². The largest absolute Gasteiger partial charge is 0.346 e. The number of likely N-dealkylation sites (tertiary alicyclic amines) is 1. The normalized spacial score (nSPS) is 17.1. The van der Waals surface area contributed by atoms with Crippen LogP contribution in [-0.2, 0) is 6.54 Å². The third-order valence-corrected chi connectivity index (χ3v) is 4.46. The Balaban J connectivity index is 1.41. The predicted molar refractivity (Wildman–Crippen MR) is 85.4 cm³/mol. The van der Waals surface area contributed by atoms with Gasteiger partial charge in [-0.2, -0.15) is 0 Å². The summed E-state index contributed by atoms with van der Waals surface area (Å²) >= 11 is 0. The molecule has 1 aliphatic heterocycles. The van der Waals surface area contributed by atoms with E-state index < -0.39 is 0 Å². The Kier molecular flexibility index (Phi) is 3.56. The SMILES string of the molecule is c1cnc(CN2CCC(c3cnc4[nH]ccc4c3)CC2)nc1. The molecule has 4 rings (SSSR count). The summed E-state index contributed by atoms with van der Waals surface area (Å²) in [5, 5.41) is 1.21. The molecule has 0 aromatic carbocycles. The first-order valence-corrected chi connectivity index (χ1v) is 7.80. The zero-order valence-corrected chi connectivity index (χ0v) is 12.4. The predicted octanol–water partition coefficient (Wildman–Crippen LogP) is 2.73. The van der Waals surface area contributed by atoms with Gasteiger partial charge >= 0.3 is 0 Å². The van der Waals surface area contributed by atoms with E-state index in [0.717, 1.165) is 31.1 Å². The smallest absolute Gasteiger partial charge is 0.142 e. The van der Waals surface area contributed by atoms with Crippen molar-refractivity contribution in [3.8, 4) is 0 Å². The van der Waals surface area contributed by atoms with E-state index in [9.17, 15) is 0 Å². The molecule has 3 aromatic heterocycles. The van der Waals surface area contributed by atoms with E-state index in [1.54, 1.807) is 0 Å². The number of pyridine rings is 1. The number of nitrogens with zero attached hydrogens (tertiary/aromatic N) is 4. The fourth-order valence-corrected chi connectivity index (χ4v) is 3.22. The van der Waals surface area contributed by atoms with Crippen molar-refractivity contribution in [1.29, 1.82) is 0 Å². The fourth-order valence-electron chi connectivity index (χ4n) is 3.22. The average Bonchev–Trinajstić information content (AvgIpc) is 3.04. The number of hydrogen-bond acceptors (Lipinski definition) is 4. The number of hydrogen-bond donors (Lipinski definition) is 1. The lowest BCUT2D eigenvalue weighted by molar-refractivity contribution is 0.200. The van der Waals surface area contributed by atoms with Crippen molar-refractivity contribution >= 4 is 11.0 Å². The summed E-state index contributed by atoms with van der Waals surface area (Å²) in [6.07, 6.45) is 9.94. The Bertz CT molecular complexity index is 744. The summed E-state index contributed by atoms with van der Waals surface area (Å²) < 4.78 is 0. The summed E-state index contributed by atoms with van der Waals surface area (Å²) in [5.74, 6) is 1.52. The van der Waals surface area contributed by atoms with Crippen LogP contribution < -0.4 is 0 Å². The van der Waals surface area contributed by atoms with E-state index in [1.807, 2.05) is 30.9 Å². The Labute approximate surface area is 129 Å². The maximum Gasteiger partial charge on any atom is 0.142 e. The molecule has 112 valence electrons. The number of nitrogens with one attached hydrogen (secondary N) is 1. The molecule has 0 unspecified atom stereocenters. The minimum atomic E-state index is 0.611. The van der Waals surface area contributed by atoms with Gasteiger partial charge in [-0.25, -0.2) is 15.0 Å². The van der Waals surface area contributed by atoms with Gasteiger partial charge < -0.3 is 4.98 Å². The quantitative estimate of drug-likeness (QED) is 0.806. The molecule has 0 amide bonds. The van der Waals surface area contributed by atoms with Crippen LogP contribution in [-0.4, -0.2) is 37.9 Å². The number of aromatic nitrogens is 4. The zero-order chi connectivity index (χ0) is 14.8. The Hall–Kier alpha value is -2.27. The van der Waals surface area contributed by atoms with Crippen LogP contribution in [0.4, 0.5) is 0 Å². The zero-order valence-electron chi connectivity index (χ0n) is 12.4. The van der Waals surface area contributed by atoms with Crippen LogP contribution in [0.25, 0.3) is 11.0 Å². The van der Waals surface area contributed by atoms with Crippen LogP contribution >= 0.6 is 0 Å². The molecular weight excluding hydrogens is 274 g/mol. The molecule has 22 heavy (non-hydrogen) atoms. The lowest BCUT2D eigenvalue weighted by Crippen LogP contribution is -2.33. The molecule has 1 saturated heterocycles. The third-order valence-electron chi connectivity index (χ3n) is 4.46. The van der Waals surface area contributed by atoms with Crippen molar-refractivity contribution in [2.45, 2.75) is 25.3 Å². The summed E-state index contributed by atoms with van der Waals surface area (Å²) in [5.41, 5.74) is 2.34. The van der Waals surface area contributed by atoms with E-state index in [2.05, 4.69) is 37.0 Å². The highest BCUT2D eigenvalue weighted by atomic mass is 15.1. The number of fused-ring (bicyclic) bond motifs is 1. The van der Waals surface area contributed by atoms with Crippen LogP contribution in [0.5, 0.6) is 0 Å². The van der Waals surface area contributed by atoms with Gasteiger partial charge in [0.2, 0.25) is 0 Å². The van der Waals surface area contributed by atoms with Gasteiger partial charge in [0.05, 0.1) is 6.54 Å². The van der Waals surface area contributed by atoms with Gasteiger partial charge in [0.25, 0.3) is 0 Å². The van der Waals surface area contributed by atoms with Gasteiger partial charge in [-0.15, -0.1) is 0 Å². The molecule has 0 saturated carbocycles. The van der Waals surface area contributed by atoms with Crippen molar-refractivity contribution in [3.63, 3.8) is 0 Å². The molecule has 1 N–H and O–H groups in total. The molecular formula is C17H19N5. The monoisotopic (exact) mass is 293 g/mol. The summed E-state index contributed by atoms with van der Waals surface area (Å²) in [4.78, 5) is 18.7. The van der Waals surface area contributed by atoms with Gasteiger partial charge in [-0.3, -0.25) is 4.90 Å². The van der Waals surface area contributed by atoms with E-state index in [-0.39, 0.29) is 0 Å². The van der Waals surface area contributed by atoms with Crippen LogP contribution in [0, 0.1) is 0 Å². The Morgan fingerprint density at radius 1 is 1.14 bits per heavy atom. The average molecular weight is 293 g/mol. The molecule has 0 atom stereocenters. The van der Waals surface area contributed by atoms with Crippen molar-refractivity contribution in [1.82, 2.24) is 24.8 Å². The lowest BCUT2D eigenvalue weighted by atomic mass is 9.90. The second-order valence-electron chi connectivity index (χ2n) is 5.90. The van der Waals surface area contributed by atoms with E-state index in [4.69, 9.17) is 0 Å². The van der Waals surface area contributed by atoms with Crippen LogP contribution in [0.15, 0.2) is 43.0 Å². The van der Waals surface area contributed by atoms with Crippen molar-refractivity contribution in [3.05, 3.63) is 54.4 Å². The highest BCUT2D eigenvalue weighted by Gasteiger charge is 2.21. The summed E-state index contributed by atoms with van der Waals surface area (Å²) in [6, 6.07) is 6.23. The van der Waals surface area contributed by atoms with Gasteiger partial charge in [0.1, 0.15) is 11.5 Å². The molecule has 1 fully saturated rings. The third kappa shape index (κ3) is 2.72. The topological polar surface area (TPSA) is 57.7 Å². The van der Waals surface area contributed by atoms with Crippen LogP contribution in [0.1, 0.15) is 30.1 Å². The van der Waals surface area contributed by atoms with E-state index in [0.29, 0.717) is 5.92 Å². The summed E-state index contributed by atoms with van der Waals surface area (Å²) in [7, 11) is 0. The number of aromatic amines is 1. The number of rotatable bonds is 3. The number of piperidine rings is 1. The molecule has 0 radical (unpaired) electrons. The first kappa shape index (κ1) is 13.4. The molecule has 0 bridgehead atoms. The van der Waals surface area contributed by atoms with E-state index >= 15 is 0 Å². The highest BCUT2D eigenvalue weighted by molar-refractivity contribution is 5.75. The fraction of sp³-hybridized carbons (Fsp3) is 0.353. The molecule has 5 nitrogen and oxygen atoms in total. The maximum atomic E-state index is 4.51. The molecule has 0 aliphatic carbocycles. The first-order valence-electron chi connectivity index (χ1n) is 7.80. The van der Waals surface area contributed by atoms with Crippen molar-refractivity contribution in [2.24, 2.45) is 0 Å². The minimum Gasteiger partial charge on any atom is -0.346 e. The van der Waals surface area contributed by atoms with Gasteiger partial charge in [0, 0.05) is 30.2 Å². The van der Waals surface area contributed by atoms with Crippen molar-refractivity contribution < 1.29 is 0 Å². The standard InChI is InChI=1S/C17H19N5/c1-5-18-16(19-6-1)12-22-8-3-13(4-9-22)15-10-14-2-7-20-17(14)21-11-15/h1-2,5-7,10-11,13H,3-4,8-9,12H2,(H,20,21). The molecule has 3 aromatic rings. The number of H-pyrrole nitrogens is 1. The van der Waals surface area contributed by atoms with Crippen LogP contribution in [0.3, 0.4) is 0 Å². The molecule has 1 aliphatic rings. The summed E-state index contributed by atoms with van der Waals surface area (Å²) in [6.45, 7) is 3.03.